The van der Waals surface area contributed by atoms with Gasteiger partial charge in [0.05, 0.1) is 17.9 Å². The second kappa shape index (κ2) is 7.19. The maximum Gasteiger partial charge on any atom is 0.272 e. The van der Waals surface area contributed by atoms with Crippen molar-refractivity contribution in [3.8, 4) is 0 Å². The van der Waals surface area contributed by atoms with Crippen LogP contribution in [0.3, 0.4) is 0 Å². The maximum absolute atomic E-state index is 12.7. The minimum Gasteiger partial charge on any atom is -0.370 e. The number of pyridine rings is 1. The summed E-state index contributed by atoms with van der Waals surface area (Å²) in [6.07, 6.45) is 6.22. The molecule has 26 heavy (non-hydrogen) atoms. The van der Waals surface area contributed by atoms with Crippen molar-refractivity contribution in [2.24, 2.45) is 0 Å². The highest BCUT2D eigenvalue weighted by Crippen LogP contribution is 2.22. The smallest absolute Gasteiger partial charge is 0.272 e. The summed E-state index contributed by atoms with van der Waals surface area (Å²) in [7, 11) is 0. The molecule has 1 atom stereocenters. The number of hydrogen-bond acceptors (Lipinski definition) is 5. The molecule has 1 amide bonds. The van der Waals surface area contributed by atoms with Gasteiger partial charge >= 0.3 is 0 Å². The summed E-state index contributed by atoms with van der Waals surface area (Å²) < 4.78 is 2.36. The normalized spacial score (nSPS) is 20.0. The lowest BCUT2D eigenvalue weighted by atomic mass is 10.1. The van der Waals surface area contributed by atoms with Crippen LogP contribution in [0, 0.1) is 0 Å². The Morgan fingerprint density at radius 2 is 2.00 bits per heavy atom. The first kappa shape index (κ1) is 17.2. The number of carbonyl (C=O) groups excluding carboxylic acids is 1. The highest BCUT2D eigenvalue weighted by Gasteiger charge is 2.27. The van der Waals surface area contributed by atoms with Crippen LogP contribution in [0.4, 0.5) is 5.69 Å². The molecule has 8 heteroatoms. The number of rotatable bonds is 3. The maximum atomic E-state index is 12.7. The van der Waals surface area contributed by atoms with Crippen LogP contribution in [0.5, 0.6) is 0 Å². The highest BCUT2D eigenvalue weighted by atomic mass is 79.9. The molecule has 0 bridgehead atoms. The van der Waals surface area contributed by atoms with E-state index in [0.717, 1.165) is 42.5 Å². The zero-order chi connectivity index (χ0) is 18.1. The average molecular weight is 418 g/mol. The number of amides is 1. The Bertz CT molecular complexity index is 863. The minimum absolute atomic E-state index is 0.0962. The van der Waals surface area contributed by atoms with Crippen molar-refractivity contribution in [3.05, 3.63) is 51.1 Å². The first-order valence-corrected chi connectivity index (χ1v) is 9.66. The van der Waals surface area contributed by atoms with E-state index in [2.05, 4.69) is 30.9 Å². The van der Waals surface area contributed by atoms with Crippen molar-refractivity contribution < 1.29 is 4.79 Å². The quantitative estimate of drug-likeness (QED) is 0.764. The fourth-order valence-corrected chi connectivity index (χ4v) is 3.67. The van der Waals surface area contributed by atoms with Gasteiger partial charge in [0.15, 0.2) is 0 Å². The number of carbonyl (C=O) groups is 1. The minimum atomic E-state index is -0.104. The number of anilines is 1. The number of hydrogen-bond donors (Lipinski definition) is 0. The van der Waals surface area contributed by atoms with Gasteiger partial charge in [0.1, 0.15) is 5.69 Å². The molecule has 4 heterocycles. The first-order chi connectivity index (χ1) is 12.6. The summed E-state index contributed by atoms with van der Waals surface area (Å²) in [6.45, 7) is 3.12. The van der Waals surface area contributed by atoms with Gasteiger partial charge in [-0.05, 0) is 47.3 Å². The van der Waals surface area contributed by atoms with Gasteiger partial charge in [-0.15, -0.1) is 0 Å². The standard InChI is InChI=1S/C18H20BrN5O2/c19-13-4-5-16(20-10-13)18(26)23-6-1-3-14(12-23)24-17(25)9-15(11-21-24)22-7-2-8-22/h4-5,9-11,14H,1-3,6-8,12H2. The van der Waals surface area contributed by atoms with Crippen LogP contribution in [0.2, 0.25) is 0 Å². The SMILES string of the molecule is O=C(c1ccc(Br)cn1)N1CCCC(n2ncc(N3CCC3)cc2=O)C1. The number of aromatic nitrogens is 3. The Kier molecular flexibility index (Phi) is 4.76. The third kappa shape index (κ3) is 3.38. The average Bonchev–Trinajstić information content (AvgIpc) is 2.60. The summed E-state index contributed by atoms with van der Waals surface area (Å²) >= 11 is 3.33. The Labute approximate surface area is 159 Å². The van der Waals surface area contributed by atoms with Crippen LogP contribution in [0.1, 0.15) is 35.8 Å². The van der Waals surface area contributed by atoms with Gasteiger partial charge in [-0.3, -0.25) is 9.59 Å². The fourth-order valence-electron chi connectivity index (χ4n) is 3.43. The van der Waals surface area contributed by atoms with Crippen LogP contribution in [-0.2, 0) is 0 Å². The fraction of sp³-hybridized carbons (Fsp3) is 0.444. The summed E-state index contributed by atoms with van der Waals surface area (Å²) in [5.41, 5.74) is 1.21. The molecule has 2 aromatic rings. The second-order valence-electron chi connectivity index (χ2n) is 6.75. The topological polar surface area (TPSA) is 71.3 Å². The molecular weight excluding hydrogens is 398 g/mol. The lowest BCUT2D eigenvalue weighted by Gasteiger charge is -2.34. The third-order valence-corrected chi connectivity index (χ3v) is 5.48. The van der Waals surface area contributed by atoms with Crippen molar-refractivity contribution in [2.45, 2.75) is 25.3 Å². The van der Waals surface area contributed by atoms with Crippen molar-refractivity contribution in [1.82, 2.24) is 19.7 Å². The van der Waals surface area contributed by atoms with Crippen molar-refractivity contribution >= 4 is 27.5 Å². The summed E-state index contributed by atoms with van der Waals surface area (Å²) in [6, 6.07) is 5.08. The Hall–Kier alpha value is -2.22. The lowest BCUT2D eigenvalue weighted by Crippen LogP contribution is -2.44. The number of likely N-dealkylation sites (tertiary alicyclic amines) is 1. The summed E-state index contributed by atoms with van der Waals surface area (Å²) in [5, 5.41) is 4.39. The molecule has 0 spiro atoms. The van der Waals surface area contributed by atoms with Crippen LogP contribution >= 0.6 is 15.9 Å². The van der Waals surface area contributed by atoms with Gasteiger partial charge in [0, 0.05) is 42.9 Å². The molecule has 2 aliphatic heterocycles. The molecule has 0 N–H and O–H groups in total. The first-order valence-electron chi connectivity index (χ1n) is 8.86. The lowest BCUT2D eigenvalue weighted by molar-refractivity contribution is 0.0664. The number of halogens is 1. The molecule has 2 saturated heterocycles. The molecule has 136 valence electrons. The predicted molar refractivity (Wildman–Crippen MR) is 101 cm³/mol. The van der Waals surface area contributed by atoms with E-state index >= 15 is 0 Å². The Morgan fingerprint density at radius 3 is 2.65 bits per heavy atom. The van der Waals surface area contributed by atoms with E-state index in [4.69, 9.17) is 0 Å². The van der Waals surface area contributed by atoms with Crippen LogP contribution in [0.15, 0.2) is 39.9 Å². The van der Waals surface area contributed by atoms with E-state index < -0.39 is 0 Å². The van der Waals surface area contributed by atoms with E-state index in [-0.39, 0.29) is 17.5 Å². The highest BCUT2D eigenvalue weighted by molar-refractivity contribution is 9.10. The Morgan fingerprint density at radius 1 is 1.15 bits per heavy atom. The molecule has 0 saturated carbocycles. The molecule has 2 aliphatic rings. The van der Waals surface area contributed by atoms with E-state index in [1.165, 1.54) is 4.68 Å². The predicted octanol–water partition coefficient (Wildman–Crippen LogP) is 2.09. The molecule has 2 fully saturated rings. The molecule has 2 aromatic heterocycles. The van der Waals surface area contributed by atoms with E-state index in [0.29, 0.717) is 18.8 Å². The summed E-state index contributed by atoms with van der Waals surface area (Å²) in [5.74, 6) is -0.104. The van der Waals surface area contributed by atoms with Crippen LogP contribution in [0.25, 0.3) is 0 Å². The monoisotopic (exact) mass is 417 g/mol. The van der Waals surface area contributed by atoms with Gasteiger partial charge in [0.2, 0.25) is 0 Å². The van der Waals surface area contributed by atoms with E-state index in [1.807, 2.05) is 6.07 Å². The third-order valence-electron chi connectivity index (χ3n) is 5.01. The molecular formula is C18H20BrN5O2. The van der Waals surface area contributed by atoms with Gasteiger partial charge in [-0.25, -0.2) is 9.67 Å². The second-order valence-corrected chi connectivity index (χ2v) is 7.66. The Balaban J connectivity index is 1.50. The summed E-state index contributed by atoms with van der Waals surface area (Å²) in [4.78, 5) is 33.3. The molecule has 0 radical (unpaired) electrons. The molecule has 1 unspecified atom stereocenters. The molecule has 0 aromatic carbocycles. The van der Waals surface area contributed by atoms with Gasteiger partial charge < -0.3 is 9.80 Å². The van der Waals surface area contributed by atoms with E-state index in [9.17, 15) is 9.59 Å². The largest absolute Gasteiger partial charge is 0.370 e. The van der Waals surface area contributed by atoms with Crippen molar-refractivity contribution in [2.75, 3.05) is 31.1 Å². The zero-order valence-corrected chi connectivity index (χ0v) is 15.9. The number of nitrogens with zero attached hydrogens (tertiary/aromatic N) is 5. The van der Waals surface area contributed by atoms with Crippen molar-refractivity contribution in [1.29, 1.82) is 0 Å². The molecule has 4 rings (SSSR count). The number of piperidine rings is 1. The van der Waals surface area contributed by atoms with Crippen LogP contribution < -0.4 is 10.5 Å². The van der Waals surface area contributed by atoms with Crippen LogP contribution in [-0.4, -0.2) is 51.8 Å². The van der Waals surface area contributed by atoms with Gasteiger partial charge in [0.25, 0.3) is 11.5 Å². The molecule has 7 nitrogen and oxygen atoms in total. The zero-order valence-electron chi connectivity index (χ0n) is 14.3. The van der Waals surface area contributed by atoms with E-state index in [1.54, 1.807) is 29.4 Å². The molecule has 0 aliphatic carbocycles. The van der Waals surface area contributed by atoms with Gasteiger partial charge in [-0.2, -0.15) is 5.10 Å². The van der Waals surface area contributed by atoms with Crippen molar-refractivity contribution in [3.63, 3.8) is 0 Å². The van der Waals surface area contributed by atoms with Gasteiger partial charge in [-0.1, -0.05) is 0 Å².